The maximum Gasteiger partial charge on any atom is 0.144 e. The Kier molecular flexibility index (Phi) is 2.24. The van der Waals surface area contributed by atoms with E-state index in [0.29, 0.717) is 5.56 Å². The molecule has 2 N–H and O–H groups in total. The molecule has 0 saturated heterocycles. The Morgan fingerprint density at radius 3 is 2.36 bits per heavy atom. The van der Waals surface area contributed by atoms with Gasteiger partial charge in [0.1, 0.15) is 11.6 Å². The van der Waals surface area contributed by atoms with Gasteiger partial charge in [-0.15, -0.1) is 0 Å². The van der Waals surface area contributed by atoms with Crippen LogP contribution in [0.15, 0.2) is 12.1 Å². The van der Waals surface area contributed by atoms with Gasteiger partial charge < -0.3 is 5.73 Å². The van der Waals surface area contributed by atoms with Crippen molar-refractivity contribution < 1.29 is 8.78 Å². The predicted octanol–water partition coefficient (Wildman–Crippen LogP) is 2.96. The summed E-state index contributed by atoms with van der Waals surface area (Å²) < 4.78 is 26.2. The third-order valence-electron chi connectivity index (χ3n) is 2.79. The second-order valence-electron chi connectivity index (χ2n) is 3.76. The van der Waals surface area contributed by atoms with Gasteiger partial charge in [0.05, 0.1) is 5.02 Å². The highest BCUT2D eigenvalue weighted by molar-refractivity contribution is 6.30. The SMILES string of the molecule is NC1(c2cc(Cl)c(F)cc2F)CCC1. The molecule has 0 aromatic heterocycles. The van der Waals surface area contributed by atoms with Crippen molar-refractivity contribution in [1.29, 1.82) is 0 Å². The highest BCUT2D eigenvalue weighted by Gasteiger charge is 2.37. The Morgan fingerprint density at radius 1 is 1.21 bits per heavy atom. The Labute approximate surface area is 85.9 Å². The fourth-order valence-corrected chi connectivity index (χ4v) is 1.89. The van der Waals surface area contributed by atoms with E-state index in [2.05, 4.69) is 0 Å². The summed E-state index contributed by atoms with van der Waals surface area (Å²) >= 11 is 5.58. The van der Waals surface area contributed by atoms with Gasteiger partial charge in [-0.25, -0.2) is 8.78 Å². The van der Waals surface area contributed by atoms with Gasteiger partial charge in [0, 0.05) is 17.2 Å². The zero-order valence-electron chi connectivity index (χ0n) is 7.49. The van der Waals surface area contributed by atoms with Crippen LogP contribution < -0.4 is 5.73 Å². The van der Waals surface area contributed by atoms with Crippen LogP contribution >= 0.6 is 11.6 Å². The van der Waals surface area contributed by atoms with E-state index < -0.39 is 17.2 Å². The number of halogens is 3. The fraction of sp³-hybridized carbons (Fsp3) is 0.400. The summed E-state index contributed by atoms with van der Waals surface area (Å²) in [7, 11) is 0. The van der Waals surface area contributed by atoms with Crippen LogP contribution in [-0.4, -0.2) is 0 Å². The van der Waals surface area contributed by atoms with Crippen LogP contribution in [0.1, 0.15) is 24.8 Å². The van der Waals surface area contributed by atoms with Crippen LogP contribution in [-0.2, 0) is 5.54 Å². The van der Waals surface area contributed by atoms with Crippen LogP contribution in [0.4, 0.5) is 8.78 Å². The van der Waals surface area contributed by atoms with Gasteiger partial charge in [0.25, 0.3) is 0 Å². The average Bonchev–Trinajstić information content (AvgIpc) is 2.07. The monoisotopic (exact) mass is 217 g/mol. The van der Waals surface area contributed by atoms with Crippen molar-refractivity contribution in [1.82, 2.24) is 0 Å². The fourth-order valence-electron chi connectivity index (χ4n) is 1.73. The summed E-state index contributed by atoms with van der Waals surface area (Å²) in [5.41, 5.74) is 5.61. The van der Waals surface area contributed by atoms with E-state index in [9.17, 15) is 8.78 Å². The normalized spacial score (nSPS) is 19.1. The molecule has 0 atom stereocenters. The number of nitrogens with two attached hydrogens (primary N) is 1. The Balaban J connectivity index is 2.48. The minimum atomic E-state index is -0.740. The minimum Gasteiger partial charge on any atom is -0.321 e. The molecule has 0 amide bonds. The molecule has 0 heterocycles. The smallest absolute Gasteiger partial charge is 0.144 e. The van der Waals surface area contributed by atoms with Gasteiger partial charge in [0.15, 0.2) is 0 Å². The van der Waals surface area contributed by atoms with Gasteiger partial charge in [0.2, 0.25) is 0 Å². The molecule has 1 nitrogen and oxygen atoms in total. The molecule has 1 aromatic carbocycles. The molecule has 0 aliphatic heterocycles. The summed E-state index contributed by atoms with van der Waals surface area (Å²) in [5.74, 6) is -1.34. The predicted molar refractivity (Wildman–Crippen MR) is 51.1 cm³/mol. The molecule has 1 aromatic rings. The van der Waals surface area contributed by atoms with E-state index in [1.807, 2.05) is 0 Å². The first kappa shape index (κ1) is 9.87. The first-order valence-electron chi connectivity index (χ1n) is 4.47. The van der Waals surface area contributed by atoms with Gasteiger partial charge in [-0.2, -0.15) is 0 Å². The van der Waals surface area contributed by atoms with Crippen LogP contribution in [0.5, 0.6) is 0 Å². The lowest BCUT2D eigenvalue weighted by atomic mass is 9.72. The van der Waals surface area contributed by atoms with Crippen molar-refractivity contribution in [2.24, 2.45) is 5.73 Å². The molecule has 1 aliphatic carbocycles. The molecule has 1 fully saturated rings. The van der Waals surface area contributed by atoms with E-state index in [-0.39, 0.29) is 5.02 Å². The number of benzene rings is 1. The molecule has 14 heavy (non-hydrogen) atoms. The van der Waals surface area contributed by atoms with Crippen LogP contribution in [0.2, 0.25) is 5.02 Å². The summed E-state index contributed by atoms with van der Waals surface area (Å²) in [6, 6.07) is 2.09. The van der Waals surface area contributed by atoms with Crippen molar-refractivity contribution >= 4 is 11.6 Å². The maximum absolute atomic E-state index is 13.4. The Bertz CT molecular complexity index is 375. The number of hydrogen-bond acceptors (Lipinski definition) is 1. The van der Waals surface area contributed by atoms with Crippen molar-refractivity contribution in [3.63, 3.8) is 0 Å². The topological polar surface area (TPSA) is 26.0 Å². The molecule has 4 heteroatoms. The van der Waals surface area contributed by atoms with Gasteiger partial charge in [-0.3, -0.25) is 0 Å². The van der Waals surface area contributed by atoms with Crippen molar-refractivity contribution in [2.45, 2.75) is 24.8 Å². The van der Waals surface area contributed by atoms with E-state index >= 15 is 0 Å². The lowest BCUT2D eigenvalue weighted by molar-refractivity contribution is 0.245. The molecular weight excluding hydrogens is 208 g/mol. The van der Waals surface area contributed by atoms with Gasteiger partial charge >= 0.3 is 0 Å². The molecule has 0 unspecified atom stereocenters. The first-order valence-corrected chi connectivity index (χ1v) is 4.85. The summed E-state index contributed by atoms with van der Waals surface area (Å²) in [6.07, 6.45) is 2.43. The lowest BCUT2D eigenvalue weighted by Gasteiger charge is -2.38. The van der Waals surface area contributed by atoms with Crippen LogP contribution in [0.25, 0.3) is 0 Å². The van der Waals surface area contributed by atoms with Crippen LogP contribution in [0, 0.1) is 11.6 Å². The number of rotatable bonds is 1. The molecular formula is C10H10ClF2N. The lowest BCUT2D eigenvalue weighted by Crippen LogP contribution is -2.44. The van der Waals surface area contributed by atoms with Crippen molar-refractivity contribution in [2.75, 3.05) is 0 Å². The minimum absolute atomic E-state index is 0.0712. The van der Waals surface area contributed by atoms with Gasteiger partial charge in [-0.1, -0.05) is 11.6 Å². The Morgan fingerprint density at radius 2 is 1.86 bits per heavy atom. The second-order valence-corrected chi connectivity index (χ2v) is 4.16. The maximum atomic E-state index is 13.4. The highest BCUT2D eigenvalue weighted by atomic mass is 35.5. The highest BCUT2D eigenvalue weighted by Crippen LogP contribution is 2.40. The largest absolute Gasteiger partial charge is 0.321 e. The molecule has 0 radical (unpaired) electrons. The standard InChI is InChI=1S/C10H10ClF2N/c11-7-4-6(8(12)5-9(7)13)10(14)2-1-3-10/h4-5H,1-3,14H2. The molecule has 1 aliphatic rings. The van der Waals surface area contributed by atoms with E-state index in [1.165, 1.54) is 6.07 Å². The van der Waals surface area contributed by atoms with Crippen LogP contribution in [0.3, 0.4) is 0 Å². The van der Waals surface area contributed by atoms with Crippen molar-refractivity contribution in [3.8, 4) is 0 Å². The Hall–Kier alpha value is -0.670. The third kappa shape index (κ3) is 1.41. The van der Waals surface area contributed by atoms with E-state index in [4.69, 9.17) is 17.3 Å². The molecule has 76 valence electrons. The van der Waals surface area contributed by atoms with Gasteiger partial charge in [-0.05, 0) is 25.3 Å². The summed E-state index contributed by atoms with van der Waals surface area (Å²) in [4.78, 5) is 0. The number of hydrogen-bond donors (Lipinski definition) is 1. The molecule has 2 rings (SSSR count). The van der Waals surface area contributed by atoms with Crippen molar-refractivity contribution in [3.05, 3.63) is 34.4 Å². The average molecular weight is 218 g/mol. The summed E-state index contributed by atoms with van der Waals surface area (Å²) in [6.45, 7) is 0. The molecule has 1 saturated carbocycles. The van der Waals surface area contributed by atoms with E-state index in [0.717, 1.165) is 25.3 Å². The quantitative estimate of drug-likeness (QED) is 0.720. The zero-order valence-corrected chi connectivity index (χ0v) is 8.24. The second kappa shape index (κ2) is 3.17. The summed E-state index contributed by atoms with van der Waals surface area (Å²) in [5, 5.41) is -0.0712. The van der Waals surface area contributed by atoms with E-state index in [1.54, 1.807) is 0 Å². The first-order chi connectivity index (χ1) is 6.53. The molecule has 0 spiro atoms. The third-order valence-corrected chi connectivity index (χ3v) is 3.08. The molecule has 0 bridgehead atoms. The zero-order chi connectivity index (χ0) is 10.3.